The summed E-state index contributed by atoms with van der Waals surface area (Å²) in [5, 5.41) is 3.15. The van der Waals surface area contributed by atoms with E-state index in [0.29, 0.717) is 19.6 Å². The number of halogens is 1. The van der Waals surface area contributed by atoms with E-state index >= 15 is 0 Å². The number of sulfonamides is 1. The van der Waals surface area contributed by atoms with Crippen molar-refractivity contribution in [3.63, 3.8) is 0 Å². The molecule has 1 aromatic rings. The molecular weight excluding hydrogens is 243 g/mol. The molecule has 0 amide bonds. The smallest absolute Gasteiger partial charge is 0.246 e. The number of benzene rings is 1. The Balaban J connectivity index is 2.33. The van der Waals surface area contributed by atoms with Crippen LogP contribution in [0.15, 0.2) is 29.2 Å². The molecule has 0 aliphatic carbocycles. The van der Waals surface area contributed by atoms with Crippen molar-refractivity contribution in [3.8, 4) is 0 Å². The zero-order valence-electron chi connectivity index (χ0n) is 9.56. The van der Waals surface area contributed by atoms with E-state index in [1.54, 1.807) is 0 Å². The normalized spacial score (nSPS) is 22.6. The molecule has 1 aliphatic rings. The van der Waals surface area contributed by atoms with Gasteiger partial charge in [0.2, 0.25) is 10.0 Å². The topological polar surface area (TPSA) is 49.4 Å². The zero-order valence-corrected chi connectivity index (χ0v) is 10.4. The summed E-state index contributed by atoms with van der Waals surface area (Å²) < 4.78 is 39.3. The van der Waals surface area contributed by atoms with E-state index in [2.05, 4.69) is 5.32 Å². The van der Waals surface area contributed by atoms with Gasteiger partial charge in [-0.1, -0.05) is 12.1 Å². The fourth-order valence-electron chi connectivity index (χ4n) is 1.91. The molecule has 1 aliphatic heterocycles. The quantitative estimate of drug-likeness (QED) is 0.854. The Morgan fingerprint density at radius 3 is 2.76 bits per heavy atom. The molecule has 0 unspecified atom stereocenters. The van der Waals surface area contributed by atoms with Crippen molar-refractivity contribution in [2.75, 3.05) is 19.6 Å². The van der Waals surface area contributed by atoms with Crippen LogP contribution in [0.5, 0.6) is 0 Å². The first-order chi connectivity index (χ1) is 8.01. The number of nitrogens with one attached hydrogen (secondary N) is 1. The summed E-state index contributed by atoms with van der Waals surface area (Å²) in [6, 6.07) is 5.57. The van der Waals surface area contributed by atoms with Gasteiger partial charge in [-0.15, -0.1) is 0 Å². The van der Waals surface area contributed by atoms with Crippen LogP contribution in [0.3, 0.4) is 0 Å². The van der Waals surface area contributed by atoms with Crippen LogP contribution >= 0.6 is 0 Å². The highest BCUT2D eigenvalue weighted by Crippen LogP contribution is 2.19. The number of rotatable bonds is 2. The van der Waals surface area contributed by atoms with E-state index in [1.165, 1.54) is 28.6 Å². The van der Waals surface area contributed by atoms with Crippen molar-refractivity contribution in [1.82, 2.24) is 9.62 Å². The molecule has 1 atom stereocenters. The molecule has 1 heterocycles. The highest BCUT2D eigenvalue weighted by Gasteiger charge is 2.30. The monoisotopic (exact) mass is 258 g/mol. The number of nitrogens with zero attached hydrogens (tertiary/aromatic N) is 1. The Hall–Kier alpha value is -0.980. The number of hydrogen-bond acceptors (Lipinski definition) is 3. The molecule has 2 rings (SSSR count). The first-order valence-corrected chi connectivity index (χ1v) is 6.94. The van der Waals surface area contributed by atoms with Gasteiger partial charge in [-0.3, -0.25) is 0 Å². The Bertz CT molecular complexity index is 504. The van der Waals surface area contributed by atoms with Gasteiger partial charge < -0.3 is 5.32 Å². The van der Waals surface area contributed by atoms with Crippen LogP contribution in [-0.4, -0.2) is 38.4 Å². The van der Waals surface area contributed by atoms with E-state index in [1.807, 2.05) is 6.92 Å². The first-order valence-electron chi connectivity index (χ1n) is 5.50. The first kappa shape index (κ1) is 12.5. The standard InChI is InChI=1S/C11H15FN2O2S/c1-9-8-14(7-6-13-9)17(15,16)11-5-3-2-4-10(11)12/h2-5,9,13H,6-8H2,1H3/t9-/m1/s1. The molecule has 1 N–H and O–H groups in total. The predicted octanol–water partition coefficient (Wildman–Crippen LogP) is 0.808. The van der Waals surface area contributed by atoms with Crippen molar-refractivity contribution >= 4 is 10.0 Å². The lowest BCUT2D eigenvalue weighted by Crippen LogP contribution is -2.51. The summed E-state index contributed by atoms with van der Waals surface area (Å²) in [4.78, 5) is -0.242. The summed E-state index contributed by atoms with van der Waals surface area (Å²) in [7, 11) is -3.71. The third-order valence-corrected chi connectivity index (χ3v) is 4.68. The van der Waals surface area contributed by atoms with Crippen LogP contribution in [-0.2, 0) is 10.0 Å². The van der Waals surface area contributed by atoms with Crippen molar-refractivity contribution in [2.45, 2.75) is 17.9 Å². The second-order valence-corrected chi connectivity index (χ2v) is 6.06. The van der Waals surface area contributed by atoms with Gasteiger partial charge >= 0.3 is 0 Å². The third kappa shape index (κ3) is 2.48. The molecule has 0 bridgehead atoms. The van der Waals surface area contributed by atoms with Gasteiger partial charge in [0, 0.05) is 25.7 Å². The van der Waals surface area contributed by atoms with Crippen LogP contribution < -0.4 is 5.32 Å². The minimum Gasteiger partial charge on any atom is -0.312 e. The van der Waals surface area contributed by atoms with Gasteiger partial charge in [0.1, 0.15) is 10.7 Å². The minimum absolute atomic E-state index is 0.0882. The van der Waals surface area contributed by atoms with E-state index in [4.69, 9.17) is 0 Å². The summed E-state index contributed by atoms with van der Waals surface area (Å²) >= 11 is 0. The molecule has 0 spiro atoms. The molecule has 1 saturated heterocycles. The summed E-state index contributed by atoms with van der Waals surface area (Å²) in [6.45, 7) is 3.25. The van der Waals surface area contributed by atoms with Gasteiger partial charge in [0.05, 0.1) is 0 Å². The lowest BCUT2D eigenvalue weighted by molar-refractivity contribution is 0.309. The summed E-state index contributed by atoms with van der Waals surface area (Å²) in [6.07, 6.45) is 0. The molecule has 94 valence electrons. The maximum atomic E-state index is 13.5. The van der Waals surface area contributed by atoms with Crippen LogP contribution in [0.2, 0.25) is 0 Å². The number of hydrogen-bond donors (Lipinski definition) is 1. The fourth-order valence-corrected chi connectivity index (χ4v) is 3.50. The molecule has 0 saturated carbocycles. The zero-order chi connectivity index (χ0) is 12.5. The van der Waals surface area contributed by atoms with Gasteiger partial charge in [-0.25, -0.2) is 12.8 Å². The van der Waals surface area contributed by atoms with Gasteiger partial charge in [-0.2, -0.15) is 4.31 Å². The molecule has 0 aromatic heterocycles. The molecule has 1 aromatic carbocycles. The fraction of sp³-hybridized carbons (Fsp3) is 0.455. The minimum atomic E-state index is -3.71. The van der Waals surface area contributed by atoms with Crippen molar-refractivity contribution < 1.29 is 12.8 Å². The van der Waals surface area contributed by atoms with Gasteiger partial charge in [-0.05, 0) is 19.1 Å². The average molecular weight is 258 g/mol. The van der Waals surface area contributed by atoms with E-state index in [0.717, 1.165) is 0 Å². The summed E-state index contributed by atoms with van der Waals surface area (Å²) in [5.41, 5.74) is 0. The Labute approximate surface area is 100 Å². The van der Waals surface area contributed by atoms with E-state index in [9.17, 15) is 12.8 Å². The lowest BCUT2D eigenvalue weighted by Gasteiger charge is -2.31. The largest absolute Gasteiger partial charge is 0.312 e. The highest BCUT2D eigenvalue weighted by atomic mass is 32.2. The lowest BCUT2D eigenvalue weighted by atomic mass is 10.3. The van der Waals surface area contributed by atoms with Gasteiger partial charge in [0.15, 0.2) is 0 Å². The second-order valence-electron chi connectivity index (χ2n) is 4.15. The second kappa shape index (κ2) is 4.72. The molecule has 17 heavy (non-hydrogen) atoms. The molecule has 4 nitrogen and oxygen atoms in total. The Morgan fingerprint density at radius 2 is 2.12 bits per heavy atom. The third-order valence-electron chi connectivity index (χ3n) is 2.79. The predicted molar refractivity (Wildman–Crippen MR) is 62.6 cm³/mol. The highest BCUT2D eigenvalue weighted by molar-refractivity contribution is 7.89. The summed E-state index contributed by atoms with van der Waals surface area (Å²) in [5.74, 6) is -0.696. The average Bonchev–Trinajstić information content (AvgIpc) is 2.29. The molecule has 0 radical (unpaired) electrons. The van der Waals surface area contributed by atoms with Crippen LogP contribution in [0.4, 0.5) is 4.39 Å². The maximum absolute atomic E-state index is 13.5. The Morgan fingerprint density at radius 1 is 1.41 bits per heavy atom. The van der Waals surface area contributed by atoms with E-state index < -0.39 is 15.8 Å². The van der Waals surface area contributed by atoms with Crippen molar-refractivity contribution in [1.29, 1.82) is 0 Å². The van der Waals surface area contributed by atoms with Gasteiger partial charge in [0.25, 0.3) is 0 Å². The number of piperazine rings is 1. The van der Waals surface area contributed by atoms with Crippen LogP contribution in [0, 0.1) is 5.82 Å². The SMILES string of the molecule is C[C@@H]1CN(S(=O)(=O)c2ccccc2F)CCN1. The molecule has 6 heteroatoms. The molecular formula is C11H15FN2O2S. The maximum Gasteiger partial charge on any atom is 0.246 e. The van der Waals surface area contributed by atoms with Crippen LogP contribution in [0.1, 0.15) is 6.92 Å². The van der Waals surface area contributed by atoms with Crippen molar-refractivity contribution in [3.05, 3.63) is 30.1 Å². The molecule has 1 fully saturated rings. The Kier molecular flexibility index (Phi) is 3.46. The van der Waals surface area contributed by atoms with E-state index in [-0.39, 0.29) is 10.9 Å². The van der Waals surface area contributed by atoms with Crippen LogP contribution in [0.25, 0.3) is 0 Å². The van der Waals surface area contributed by atoms with Crippen molar-refractivity contribution in [2.24, 2.45) is 0 Å².